The topological polar surface area (TPSA) is 69.6 Å². The summed E-state index contributed by atoms with van der Waals surface area (Å²) < 4.78 is 0. The number of aliphatic hydroxyl groups is 1. The van der Waals surface area contributed by atoms with E-state index in [2.05, 4.69) is 5.32 Å². The van der Waals surface area contributed by atoms with Crippen LogP contribution < -0.4 is 5.32 Å². The fraction of sp³-hybridized carbons (Fsp3) is 0.417. The molecule has 1 amide bonds. The first-order valence-electron chi connectivity index (χ1n) is 5.51. The van der Waals surface area contributed by atoms with Gasteiger partial charge in [-0.25, -0.2) is 0 Å². The monoisotopic (exact) mass is 255 g/mol. The molecule has 0 aliphatic heterocycles. The maximum Gasteiger partial charge on any atom is 0.252 e. The first-order chi connectivity index (χ1) is 8.06. The number of benzene rings is 1. The Balaban J connectivity index is 1.92. The molecular weight excluding hydrogens is 242 g/mol. The van der Waals surface area contributed by atoms with Gasteiger partial charge in [0.25, 0.3) is 5.91 Å². The molecule has 1 aromatic carbocycles. The third-order valence-corrected chi connectivity index (χ3v) is 3.29. The third kappa shape index (κ3) is 2.90. The maximum atomic E-state index is 11.8. The van der Waals surface area contributed by atoms with Crippen molar-refractivity contribution < 1.29 is 15.0 Å². The van der Waals surface area contributed by atoms with E-state index in [1.54, 1.807) is 0 Å². The van der Waals surface area contributed by atoms with E-state index >= 15 is 0 Å². The summed E-state index contributed by atoms with van der Waals surface area (Å²) in [6.45, 7) is 0.530. The number of carbonyl (C=O) groups is 1. The van der Waals surface area contributed by atoms with Crippen LogP contribution >= 0.6 is 11.6 Å². The molecule has 0 heterocycles. The molecule has 0 unspecified atom stereocenters. The number of halogens is 1. The summed E-state index contributed by atoms with van der Waals surface area (Å²) in [5, 5.41) is 21.5. The van der Waals surface area contributed by atoms with Gasteiger partial charge >= 0.3 is 0 Å². The van der Waals surface area contributed by atoms with Gasteiger partial charge in [-0.05, 0) is 37.0 Å². The van der Waals surface area contributed by atoms with Crippen LogP contribution in [0.4, 0.5) is 0 Å². The molecule has 0 atom stereocenters. The van der Waals surface area contributed by atoms with Gasteiger partial charge in [-0.1, -0.05) is 11.6 Å². The molecule has 2 rings (SSSR count). The highest BCUT2D eigenvalue weighted by Gasteiger charge is 2.27. The molecule has 1 aliphatic carbocycles. The largest absolute Gasteiger partial charge is 0.508 e. The molecule has 1 fully saturated rings. The Morgan fingerprint density at radius 3 is 2.82 bits per heavy atom. The Bertz CT molecular complexity index is 430. The molecule has 1 saturated carbocycles. The Labute approximate surface area is 104 Å². The number of phenolic OH excluding ortho intramolecular Hbond substituents is 1. The summed E-state index contributed by atoms with van der Waals surface area (Å²) in [7, 11) is 0. The predicted octanol–water partition coefficient (Wildman–Crippen LogP) is 1.55. The Morgan fingerprint density at radius 2 is 2.18 bits per heavy atom. The van der Waals surface area contributed by atoms with Crippen LogP contribution in [0.1, 0.15) is 23.2 Å². The van der Waals surface area contributed by atoms with Gasteiger partial charge in [0, 0.05) is 6.54 Å². The fourth-order valence-corrected chi connectivity index (χ4v) is 2.09. The third-order valence-electron chi connectivity index (χ3n) is 2.96. The highest BCUT2D eigenvalue weighted by Crippen LogP contribution is 2.26. The molecule has 1 aliphatic rings. The quantitative estimate of drug-likeness (QED) is 0.768. The van der Waals surface area contributed by atoms with E-state index in [1.807, 2.05) is 0 Å². The molecule has 0 radical (unpaired) electrons. The zero-order valence-electron chi connectivity index (χ0n) is 9.19. The second kappa shape index (κ2) is 4.94. The second-order valence-electron chi connectivity index (χ2n) is 4.37. The predicted molar refractivity (Wildman–Crippen MR) is 64.2 cm³/mol. The molecule has 4 nitrogen and oxygen atoms in total. The molecule has 0 saturated heterocycles. The van der Waals surface area contributed by atoms with Crippen LogP contribution in [0.5, 0.6) is 5.75 Å². The van der Waals surface area contributed by atoms with Crippen molar-refractivity contribution in [2.24, 2.45) is 5.92 Å². The first kappa shape index (κ1) is 12.2. The van der Waals surface area contributed by atoms with Crippen LogP contribution in [0.15, 0.2) is 18.2 Å². The lowest BCUT2D eigenvalue weighted by Gasteiger charge is -2.31. The Hall–Kier alpha value is -1.26. The normalized spacial score (nSPS) is 22.9. The summed E-state index contributed by atoms with van der Waals surface area (Å²) in [5.41, 5.74) is 0.270. The summed E-state index contributed by atoms with van der Waals surface area (Å²) in [6, 6.07) is 4.26. The molecule has 3 N–H and O–H groups in total. The number of hydrogen-bond acceptors (Lipinski definition) is 3. The lowest BCUT2D eigenvalue weighted by atomic mass is 9.82. The number of nitrogens with one attached hydrogen (secondary N) is 1. The van der Waals surface area contributed by atoms with Gasteiger partial charge in [0.15, 0.2) is 0 Å². The molecule has 0 spiro atoms. The van der Waals surface area contributed by atoms with Gasteiger partial charge < -0.3 is 15.5 Å². The van der Waals surface area contributed by atoms with E-state index in [1.165, 1.54) is 18.2 Å². The first-order valence-corrected chi connectivity index (χ1v) is 5.89. The van der Waals surface area contributed by atoms with Crippen molar-refractivity contribution in [3.63, 3.8) is 0 Å². The fourth-order valence-electron chi connectivity index (χ4n) is 1.89. The summed E-state index contributed by atoms with van der Waals surface area (Å²) in [6.07, 6.45) is 1.24. The molecule has 5 heteroatoms. The van der Waals surface area contributed by atoms with E-state index < -0.39 is 0 Å². The van der Waals surface area contributed by atoms with Crippen molar-refractivity contribution >= 4 is 17.5 Å². The van der Waals surface area contributed by atoms with Gasteiger partial charge in [0.05, 0.1) is 16.7 Å². The van der Waals surface area contributed by atoms with Gasteiger partial charge in [0.1, 0.15) is 5.75 Å². The van der Waals surface area contributed by atoms with Gasteiger partial charge in [0.2, 0.25) is 0 Å². The van der Waals surface area contributed by atoms with E-state index in [-0.39, 0.29) is 23.3 Å². The van der Waals surface area contributed by atoms with Crippen LogP contribution in [-0.4, -0.2) is 28.8 Å². The highest BCUT2D eigenvalue weighted by molar-refractivity contribution is 6.33. The molecule has 92 valence electrons. The summed E-state index contributed by atoms with van der Waals surface area (Å²) >= 11 is 5.87. The number of phenols is 1. The van der Waals surface area contributed by atoms with Gasteiger partial charge in [-0.3, -0.25) is 4.79 Å². The Morgan fingerprint density at radius 1 is 1.47 bits per heavy atom. The smallest absolute Gasteiger partial charge is 0.252 e. The second-order valence-corrected chi connectivity index (χ2v) is 4.77. The lowest BCUT2D eigenvalue weighted by molar-refractivity contribution is 0.0420. The van der Waals surface area contributed by atoms with Crippen LogP contribution in [-0.2, 0) is 0 Å². The van der Waals surface area contributed by atoms with Crippen molar-refractivity contribution in [1.82, 2.24) is 5.32 Å². The van der Waals surface area contributed by atoms with Crippen molar-refractivity contribution in [2.45, 2.75) is 18.9 Å². The van der Waals surface area contributed by atoms with Gasteiger partial charge in [-0.15, -0.1) is 0 Å². The standard InChI is InChI=1S/C12H14ClNO3/c13-11-2-1-8(15)5-10(11)12(17)14-6-7-3-9(16)4-7/h1-2,5,7,9,15-16H,3-4,6H2,(H,14,17). The minimum absolute atomic E-state index is 0.0126. The minimum Gasteiger partial charge on any atom is -0.508 e. The highest BCUT2D eigenvalue weighted by atomic mass is 35.5. The summed E-state index contributed by atoms with van der Waals surface area (Å²) in [5.74, 6) is 0.0518. The zero-order chi connectivity index (χ0) is 12.4. The number of rotatable bonds is 3. The SMILES string of the molecule is O=C(NCC1CC(O)C1)c1cc(O)ccc1Cl. The zero-order valence-corrected chi connectivity index (χ0v) is 9.94. The minimum atomic E-state index is -0.299. The van der Waals surface area contributed by atoms with E-state index in [0.29, 0.717) is 17.5 Å². The van der Waals surface area contributed by atoms with E-state index in [0.717, 1.165) is 12.8 Å². The molecule has 0 bridgehead atoms. The van der Waals surface area contributed by atoms with E-state index in [4.69, 9.17) is 16.7 Å². The number of carbonyl (C=O) groups excluding carboxylic acids is 1. The average Bonchev–Trinajstić information content (AvgIpc) is 2.26. The lowest BCUT2D eigenvalue weighted by Crippen LogP contribution is -2.38. The van der Waals surface area contributed by atoms with Gasteiger partial charge in [-0.2, -0.15) is 0 Å². The Kier molecular flexibility index (Phi) is 3.54. The van der Waals surface area contributed by atoms with Crippen LogP contribution in [0, 0.1) is 5.92 Å². The number of hydrogen-bond donors (Lipinski definition) is 3. The van der Waals surface area contributed by atoms with Crippen LogP contribution in [0.2, 0.25) is 5.02 Å². The van der Waals surface area contributed by atoms with Crippen molar-refractivity contribution in [2.75, 3.05) is 6.54 Å². The summed E-state index contributed by atoms with van der Waals surface area (Å²) in [4.78, 5) is 11.8. The number of amides is 1. The maximum absolute atomic E-state index is 11.8. The van der Waals surface area contributed by atoms with Crippen molar-refractivity contribution in [3.8, 4) is 5.75 Å². The van der Waals surface area contributed by atoms with Crippen LogP contribution in [0.25, 0.3) is 0 Å². The van der Waals surface area contributed by atoms with Crippen molar-refractivity contribution in [1.29, 1.82) is 0 Å². The number of aromatic hydroxyl groups is 1. The average molecular weight is 256 g/mol. The number of aliphatic hydroxyl groups excluding tert-OH is 1. The molecule has 0 aromatic heterocycles. The van der Waals surface area contributed by atoms with Crippen LogP contribution in [0.3, 0.4) is 0 Å². The van der Waals surface area contributed by atoms with Crippen molar-refractivity contribution in [3.05, 3.63) is 28.8 Å². The molecule has 1 aromatic rings. The molecule has 17 heavy (non-hydrogen) atoms. The molecular formula is C12H14ClNO3. The van der Waals surface area contributed by atoms with E-state index in [9.17, 15) is 9.90 Å².